The fraction of sp³-hybridized carbons (Fsp3) is 0.531. The van der Waals surface area contributed by atoms with Crippen molar-refractivity contribution in [2.45, 2.75) is 71.4 Å². The molecule has 1 aromatic rings. The second kappa shape index (κ2) is 13.0. The van der Waals surface area contributed by atoms with E-state index in [0.717, 1.165) is 31.3 Å². The molecule has 0 unspecified atom stereocenters. The lowest BCUT2D eigenvalue weighted by Crippen LogP contribution is -2.44. The van der Waals surface area contributed by atoms with Gasteiger partial charge in [-0.15, -0.1) is 0 Å². The maximum atomic E-state index is 13.9. The van der Waals surface area contributed by atoms with Gasteiger partial charge in [0.05, 0.1) is 24.9 Å². The summed E-state index contributed by atoms with van der Waals surface area (Å²) in [6.07, 6.45) is 10.7. The first-order valence-corrected chi connectivity index (χ1v) is 14.6. The van der Waals surface area contributed by atoms with E-state index in [0.29, 0.717) is 36.6 Å². The molecule has 9 nitrogen and oxygen atoms in total. The van der Waals surface area contributed by atoms with Crippen molar-refractivity contribution in [3.8, 4) is 0 Å². The molecule has 3 amide bonds. The van der Waals surface area contributed by atoms with Crippen LogP contribution in [0, 0.1) is 5.92 Å². The van der Waals surface area contributed by atoms with Crippen LogP contribution in [0.25, 0.3) is 0 Å². The number of nitrogens with zero attached hydrogens (tertiary/aromatic N) is 3. The molecule has 0 aromatic heterocycles. The summed E-state index contributed by atoms with van der Waals surface area (Å²) < 4.78 is 5.10. The third-order valence-electron chi connectivity index (χ3n) is 8.32. The average molecular weight is 566 g/mol. The lowest BCUT2D eigenvalue weighted by molar-refractivity contribution is -0.139. The number of rotatable bonds is 11. The van der Waals surface area contributed by atoms with E-state index in [1.165, 1.54) is 10.5 Å². The van der Waals surface area contributed by atoms with Crippen LogP contribution in [-0.4, -0.2) is 71.9 Å². The molecule has 3 heterocycles. The molecule has 222 valence electrons. The lowest BCUT2D eigenvalue weighted by atomic mass is 9.82. The van der Waals surface area contributed by atoms with Crippen LogP contribution in [0.15, 0.2) is 53.6 Å². The van der Waals surface area contributed by atoms with Crippen LogP contribution in [0.5, 0.6) is 0 Å². The van der Waals surface area contributed by atoms with E-state index in [4.69, 9.17) is 4.74 Å². The minimum atomic E-state index is -1.88. The van der Waals surface area contributed by atoms with E-state index in [9.17, 15) is 24.6 Å². The first-order chi connectivity index (χ1) is 19.6. The predicted molar refractivity (Wildman–Crippen MR) is 159 cm³/mol. The maximum Gasteiger partial charge on any atom is 0.414 e. The summed E-state index contributed by atoms with van der Waals surface area (Å²) in [5, 5.41) is 21.6. The summed E-state index contributed by atoms with van der Waals surface area (Å²) in [5.41, 5.74) is 2.13. The molecule has 3 aliphatic rings. The van der Waals surface area contributed by atoms with Crippen LogP contribution in [0.1, 0.15) is 65.4 Å². The minimum Gasteiger partial charge on any atom is -0.447 e. The van der Waals surface area contributed by atoms with Crippen molar-refractivity contribution in [3.63, 3.8) is 0 Å². The fourth-order valence-electron chi connectivity index (χ4n) is 5.83. The number of carbonyl (C=O) groups excluding carboxylic acids is 3. The van der Waals surface area contributed by atoms with Gasteiger partial charge in [-0.2, -0.15) is 0 Å². The Morgan fingerprint density at radius 2 is 1.98 bits per heavy atom. The first-order valence-electron chi connectivity index (χ1n) is 14.6. The van der Waals surface area contributed by atoms with E-state index in [1.807, 2.05) is 13.0 Å². The zero-order valence-electron chi connectivity index (χ0n) is 24.6. The van der Waals surface area contributed by atoms with Crippen molar-refractivity contribution in [1.82, 2.24) is 4.90 Å². The van der Waals surface area contributed by atoms with Crippen LogP contribution < -0.4 is 9.80 Å². The molecule has 2 saturated heterocycles. The smallest absolute Gasteiger partial charge is 0.414 e. The van der Waals surface area contributed by atoms with Crippen molar-refractivity contribution >= 4 is 29.3 Å². The summed E-state index contributed by atoms with van der Waals surface area (Å²) >= 11 is 0. The van der Waals surface area contributed by atoms with E-state index in [2.05, 4.69) is 19.9 Å². The number of ether oxygens (including phenoxy) is 1. The van der Waals surface area contributed by atoms with Gasteiger partial charge < -0.3 is 24.7 Å². The Kier molecular flexibility index (Phi) is 9.71. The maximum absolute atomic E-state index is 13.9. The number of benzene rings is 1. The third-order valence-corrected chi connectivity index (χ3v) is 8.32. The number of carbonyl (C=O) groups is 3. The monoisotopic (exact) mass is 565 g/mol. The van der Waals surface area contributed by atoms with Crippen molar-refractivity contribution in [3.05, 3.63) is 59.2 Å². The van der Waals surface area contributed by atoms with Crippen LogP contribution in [0.4, 0.5) is 16.2 Å². The number of hydrogen-bond acceptors (Lipinski definition) is 6. The molecule has 41 heavy (non-hydrogen) atoms. The van der Waals surface area contributed by atoms with Gasteiger partial charge in [-0.25, -0.2) is 4.79 Å². The highest BCUT2D eigenvalue weighted by molar-refractivity contribution is 6.08. The predicted octanol–water partition coefficient (Wildman–Crippen LogP) is 4.44. The normalized spacial score (nSPS) is 23.4. The Morgan fingerprint density at radius 3 is 2.66 bits per heavy atom. The Bertz CT molecular complexity index is 1250. The molecular weight excluding hydrogens is 522 g/mol. The van der Waals surface area contributed by atoms with Gasteiger partial charge in [0.25, 0.3) is 5.91 Å². The van der Waals surface area contributed by atoms with Gasteiger partial charge in [-0.1, -0.05) is 42.4 Å². The molecule has 3 aliphatic heterocycles. The Balaban J connectivity index is 1.59. The van der Waals surface area contributed by atoms with E-state index in [-0.39, 0.29) is 31.6 Å². The molecule has 3 atom stereocenters. The molecule has 9 heteroatoms. The van der Waals surface area contributed by atoms with Crippen molar-refractivity contribution in [1.29, 1.82) is 0 Å². The fourth-order valence-corrected chi connectivity index (χ4v) is 5.83. The molecule has 2 fully saturated rings. The van der Waals surface area contributed by atoms with Gasteiger partial charge >= 0.3 is 6.09 Å². The standard InChI is InChI=1S/C32H43N3O6/c1-22(2)8-5-9-23(3)15-17-35-28-14-13-25(34-18-19-41-31(34)39)20-27(28)32(40,30(35)38)24(4)10-6-12-29(37)33-16-7-11-26(33)21-36/h6,8,10,13-15,20,24,26,36,40H,5,7,9,11-12,16-19,21H2,1-4H3/b10-6+,23-15+/t24-,26-,32+/m0/s1. The zero-order chi connectivity index (χ0) is 29.7. The van der Waals surface area contributed by atoms with Gasteiger partial charge in [-0.05, 0) is 64.7 Å². The Morgan fingerprint density at radius 1 is 1.20 bits per heavy atom. The second-order valence-corrected chi connectivity index (χ2v) is 11.5. The summed E-state index contributed by atoms with van der Waals surface area (Å²) in [6, 6.07) is 5.11. The van der Waals surface area contributed by atoms with Crippen LogP contribution in [0.3, 0.4) is 0 Å². The van der Waals surface area contributed by atoms with E-state index in [1.54, 1.807) is 47.1 Å². The van der Waals surface area contributed by atoms with Crippen LogP contribution in [0.2, 0.25) is 0 Å². The lowest BCUT2D eigenvalue weighted by Gasteiger charge is -2.28. The minimum absolute atomic E-state index is 0.0531. The van der Waals surface area contributed by atoms with Crippen LogP contribution in [-0.2, 0) is 19.9 Å². The van der Waals surface area contributed by atoms with Gasteiger partial charge in [0, 0.05) is 36.7 Å². The molecule has 0 radical (unpaired) electrons. The summed E-state index contributed by atoms with van der Waals surface area (Å²) in [4.78, 5) is 43.7. The number of anilines is 2. The molecule has 0 aliphatic carbocycles. The summed E-state index contributed by atoms with van der Waals surface area (Å²) in [7, 11) is 0. The van der Waals surface area contributed by atoms with Crippen molar-refractivity contribution in [2.75, 3.05) is 42.6 Å². The zero-order valence-corrected chi connectivity index (χ0v) is 24.6. The number of cyclic esters (lactones) is 1. The number of hydrogen-bond donors (Lipinski definition) is 2. The van der Waals surface area contributed by atoms with Gasteiger partial charge in [0.15, 0.2) is 5.60 Å². The quantitative estimate of drug-likeness (QED) is 0.384. The van der Waals surface area contributed by atoms with Crippen LogP contribution >= 0.6 is 0 Å². The molecular formula is C32H43N3O6. The number of fused-ring (bicyclic) bond motifs is 1. The molecule has 2 N–H and O–H groups in total. The highest BCUT2D eigenvalue weighted by Crippen LogP contribution is 2.47. The topological polar surface area (TPSA) is 111 Å². The van der Waals surface area contributed by atoms with E-state index < -0.39 is 23.5 Å². The number of allylic oxidation sites excluding steroid dienone is 3. The second-order valence-electron chi connectivity index (χ2n) is 11.5. The number of aliphatic hydroxyl groups excluding tert-OH is 1. The SMILES string of the molecule is CC(C)=CCC/C(C)=C/CN1C(=O)[C@@](O)([C@@H](C)/C=C/CC(=O)N2CCC[C@H]2CO)c2cc(N3CCOC3=O)ccc21. The first kappa shape index (κ1) is 30.5. The largest absolute Gasteiger partial charge is 0.447 e. The molecule has 0 saturated carbocycles. The average Bonchev–Trinajstić information content (AvgIpc) is 3.65. The molecule has 0 spiro atoms. The third kappa shape index (κ3) is 6.41. The number of likely N-dealkylation sites (tertiary alicyclic amines) is 1. The summed E-state index contributed by atoms with van der Waals surface area (Å²) in [5.74, 6) is -1.17. The molecule has 1 aromatic carbocycles. The number of amides is 3. The Hall–Kier alpha value is -3.43. The summed E-state index contributed by atoms with van der Waals surface area (Å²) in [6.45, 7) is 9.50. The molecule has 4 rings (SSSR count). The van der Waals surface area contributed by atoms with Gasteiger partial charge in [-0.3, -0.25) is 14.5 Å². The highest BCUT2D eigenvalue weighted by Gasteiger charge is 2.52. The molecule has 0 bridgehead atoms. The number of aliphatic hydroxyl groups is 2. The Labute approximate surface area is 242 Å². The van der Waals surface area contributed by atoms with Gasteiger partial charge in [0.1, 0.15) is 6.61 Å². The van der Waals surface area contributed by atoms with Crippen molar-refractivity contribution < 1.29 is 29.3 Å². The van der Waals surface area contributed by atoms with E-state index >= 15 is 0 Å². The van der Waals surface area contributed by atoms with Gasteiger partial charge in [0.2, 0.25) is 5.91 Å². The highest BCUT2D eigenvalue weighted by atomic mass is 16.6. The van der Waals surface area contributed by atoms with Crippen molar-refractivity contribution in [2.24, 2.45) is 5.92 Å².